The Kier molecular flexibility index (Phi) is 4.13. The van der Waals surface area contributed by atoms with Crippen molar-refractivity contribution in [3.8, 4) is 5.75 Å². The Balaban J connectivity index is 1.81. The summed E-state index contributed by atoms with van der Waals surface area (Å²) < 4.78 is 54.5. The molecule has 0 spiro atoms. The molecule has 0 aliphatic carbocycles. The van der Waals surface area contributed by atoms with Gasteiger partial charge >= 0.3 is 6.36 Å². The molecule has 0 N–H and O–H groups in total. The molecule has 0 saturated carbocycles. The second-order valence-electron chi connectivity index (χ2n) is 5.28. The summed E-state index contributed by atoms with van der Waals surface area (Å²) >= 11 is 0. The molecule has 0 fully saturated rings. The summed E-state index contributed by atoms with van der Waals surface area (Å²) in [7, 11) is 0. The van der Waals surface area contributed by atoms with Crippen LogP contribution in [0.2, 0.25) is 0 Å². The number of nitrogens with zero attached hydrogens (tertiary/aromatic N) is 2. The number of aromatic nitrogens is 1. The number of carbonyl (C=O) groups excluding carboxylic acids is 1. The van der Waals surface area contributed by atoms with E-state index < -0.39 is 17.9 Å². The van der Waals surface area contributed by atoms with Gasteiger partial charge in [0, 0.05) is 31.3 Å². The normalized spacial score (nSPS) is 14.5. The highest BCUT2D eigenvalue weighted by molar-refractivity contribution is 5.96. The van der Waals surface area contributed by atoms with Gasteiger partial charge in [0.25, 0.3) is 5.91 Å². The first kappa shape index (κ1) is 16.2. The smallest absolute Gasteiger partial charge is 0.406 e. The van der Waals surface area contributed by atoms with Crippen molar-refractivity contribution in [1.29, 1.82) is 0 Å². The molecule has 0 bridgehead atoms. The van der Waals surface area contributed by atoms with Crippen molar-refractivity contribution >= 4 is 5.91 Å². The topological polar surface area (TPSA) is 42.4 Å². The average molecular weight is 340 g/mol. The molecule has 4 nitrogen and oxygen atoms in total. The molecule has 0 unspecified atom stereocenters. The number of alkyl halides is 3. The van der Waals surface area contributed by atoms with Crippen LogP contribution in [0.25, 0.3) is 0 Å². The van der Waals surface area contributed by atoms with Gasteiger partial charge in [-0.1, -0.05) is 0 Å². The average Bonchev–Trinajstić information content (AvgIpc) is 2.52. The number of carbonyl (C=O) groups is 1. The van der Waals surface area contributed by atoms with Gasteiger partial charge in [0.2, 0.25) is 0 Å². The van der Waals surface area contributed by atoms with Crippen molar-refractivity contribution in [1.82, 2.24) is 9.88 Å². The van der Waals surface area contributed by atoms with E-state index in [0.29, 0.717) is 24.2 Å². The third-order valence-corrected chi connectivity index (χ3v) is 3.64. The van der Waals surface area contributed by atoms with Crippen LogP contribution < -0.4 is 4.74 Å². The van der Waals surface area contributed by atoms with Gasteiger partial charge in [-0.25, -0.2) is 4.39 Å². The molecular weight excluding hydrogens is 328 g/mol. The van der Waals surface area contributed by atoms with Crippen LogP contribution in [0.1, 0.15) is 21.6 Å². The molecule has 0 atom stereocenters. The molecule has 1 aliphatic heterocycles. The van der Waals surface area contributed by atoms with Crippen LogP contribution in [-0.4, -0.2) is 28.7 Å². The lowest BCUT2D eigenvalue weighted by molar-refractivity contribution is -0.274. The summed E-state index contributed by atoms with van der Waals surface area (Å²) in [6.45, 7) is 0.167. The van der Waals surface area contributed by atoms with Crippen molar-refractivity contribution < 1.29 is 27.1 Å². The molecule has 8 heteroatoms. The van der Waals surface area contributed by atoms with Gasteiger partial charge < -0.3 is 9.64 Å². The highest BCUT2D eigenvalue weighted by atomic mass is 19.4. The van der Waals surface area contributed by atoms with Gasteiger partial charge in [0.15, 0.2) is 0 Å². The number of rotatable bonds is 3. The zero-order chi connectivity index (χ0) is 17.3. The summed E-state index contributed by atoms with van der Waals surface area (Å²) in [5, 5.41) is 0. The summed E-state index contributed by atoms with van der Waals surface area (Å²) in [6.07, 6.45) is -2.78. The number of hydrogen-bond donors (Lipinski definition) is 0. The minimum Gasteiger partial charge on any atom is -0.406 e. The Bertz CT molecular complexity index is 777. The van der Waals surface area contributed by atoms with E-state index in [2.05, 4.69) is 9.72 Å². The lowest BCUT2D eigenvalue weighted by Crippen LogP contribution is -2.37. The van der Waals surface area contributed by atoms with Gasteiger partial charge in [0.05, 0.1) is 11.3 Å². The third-order valence-electron chi connectivity index (χ3n) is 3.64. The Morgan fingerprint density at radius 1 is 1.25 bits per heavy atom. The maximum Gasteiger partial charge on any atom is 0.573 e. The molecule has 0 radical (unpaired) electrons. The van der Waals surface area contributed by atoms with Crippen LogP contribution in [0.3, 0.4) is 0 Å². The molecular formula is C16H12F4N2O2. The predicted octanol–water partition coefficient (Wildman–Crippen LogP) is 3.32. The van der Waals surface area contributed by atoms with E-state index in [0.717, 1.165) is 18.2 Å². The van der Waals surface area contributed by atoms with Gasteiger partial charge in [-0.15, -0.1) is 13.2 Å². The summed E-state index contributed by atoms with van der Waals surface area (Å²) in [5.41, 5.74) is 1.04. The van der Waals surface area contributed by atoms with Crippen LogP contribution in [0, 0.1) is 5.82 Å². The Morgan fingerprint density at radius 2 is 2.04 bits per heavy atom. The van der Waals surface area contributed by atoms with E-state index in [9.17, 15) is 22.4 Å². The molecule has 1 aromatic heterocycles. The van der Waals surface area contributed by atoms with E-state index in [1.54, 1.807) is 18.3 Å². The van der Waals surface area contributed by atoms with Crippen molar-refractivity contribution in [2.24, 2.45) is 0 Å². The summed E-state index contributed by atoms with van der Waals surface area (Å²) in [5.74, 6) is -1.55. The van der Waals surface area contributed by atoms with Crippen LogP contribution in [-0.2, 0) is 13.0 Å². The molecule has 0 saturated heterocycles. The standard InChI is InChI=1S/C16H12F4N2O2/c17-13-4-3-11(24-16(18,19)20)8-10(13)9-22-7-5-14-12(15(22)23)2-1-6-21-14/h1-4,6,8H,5,7,9H2. The fourth-order valence-corrected chi connectivity index (χ4v) is 2.57. The van der Waals surface area contributed by atoms with Crippen LogP contribution >= 0.6 is 0 Å². The highest BCUT2D eigenvalue weighted by Gasteiger charge is 2.31. The van der Waals surface area contributed by atoms with E-state index in [4.69, 9.17) is 0 Å². The monoisotopic (exact) mass is 340 g/mol. The number of pyridine rings is 1. The van der Waals surface area contributed by atoms with Crippen molar-refractivity contribution in [3.63, 3.8) is 0 Å². The minimum absolute atomic E-state index is 0.0440. The van der Waals surface area contributed by atoms with E-state index in [-0.39, 0.29) is 18.0 Å². The highest BCUT2D eigenvalue weighted by Crippen LogP contribution is 2.26. The van der Waals surface area contributed by atoms with Gasteiger partial charge in [0.1, 0.15) is 11.6 Å². The Hall–Kier alpha value is -2.64. The lowest BCUT2D eigenvalue weighted by atomic mass is 10.0. The van der Waals surface area contributed by atoms with E-state index in [1.165, 1.54) is 4.90 Å². The third kappa shape index (κ3) is 3.47. The quantitative estimate of drug-likeness (QED) is 0.805. The summed E-state index contributed by atoms with van der Waals surface area (Å²) in [6, 6.07) is 5.98. The molecule has 3 rings (SSSR count). The van der Waals surface area contributed by atoms with E-state index >= 15 is 0 Å². The van der Waals surface area contributed by atoms with Crippen LogP contribution in [0.15, 0.2) is 36.5 Å². The number of benzene rings is 1. The zero-order valence-corrected chi connectivity index (χ0v) is 12.3. The first-order valence-corrected chi connectivity index (χ1v) is 7.11. The molecule has 24 heavy (non-hydrogen) atoms. The van der Waals surface area contributed by atoms with Crippen molar-refractivity contribution in [3.05, 3.63) is 59.2 Å². The SMILES string of the molecule is O=C1c2cccnc2CCN1Cc1cc(OC(F)(F)F)ccc1F. The van der Waals surface area contributed by atoms with Crippen molar-refractivity contribution in [2.45, 2.75) is 19.3 Å². The minimum atomic E-state index is -4.86. The maximum atomic E-state index is 13.9. The van der Waals surface area contributed by atoms with Crippen LogP contribution in [0.4, 0.5) is 17.6 Å². The van der Waals surface area contributed by atoms with Crippen LogP contribution in [0.5, 0.6) is 5.75 Å². The van der Waals surface area contributed by atoms with Gasteiger partial charge in [-0.05, 0) is 30.3 Å². The number of hydrogen-bond acceptors (Lipinski definition) is 3. The molecule has 126 valence electrons. The fourth-order valence-electron chi connectivity index (χ4n) is 2.57. The zero-order valence-electron chi connectivity index (χ0n) is 12.3. The number of halogens is 4. The number of ether oxygens (including phenoxy) is 1. The molecule has 2 heterocycles. The van der Waals surface area contributed by atoms with E-state index in [1.807, 2.05) is 0 Å². The first-order valence-electron chi connectivity index (χ1n) is 7.11. The van der Waals surface area contributed by atoms with Crippen molar-refractivity contribution in [2.75, 3.05) is 6.54 Å². The second kappa shape index (κ2) is 6.10. The fraction of sp³-hybridized carbons (Fsp3) is 0.250. The second-order valence-corrected chi connectivity index (χ2v) is 5.28. The lowest BCUT2D eigenvalue weighted by Gasteiger charge is -2.28. The maximum absolute atomic E-state index is 13.9. The molecule has 1 aliphatic rings. The van der Waals surface area contributed by atoms with Gasteiger partial charge in [-0.3, -0.25) is 9.78 Å². The number of amides is 1. The number of fused-ring (bicyclic) bond motifs is 1. The predicted molar refractivity (Wildman–Crippen MR) is 75.8 cm³/mol. The Labute approximate surface area is 134 Å². The Morgan fingerprint density at radius 3 is 2.79 bits per heavy atom. The molecule has 2 aromatic rings. The first-order chi connectivity index (χ1) is 11.3. The molecule has 1 aromatic carbocycles. The largest absolute Gasteiger partial charge is 0.573 e. The van der Waals surface area contributed by atoms with Gasteiger partial charge in [-0.2, -0.15) is 0 Å². The summed E-state index contributed by atoms with van der Waals surface area (Å²) in [4.78, 5) is 17.9. The molecule has 1 amide bonds.